The molecule has 0 spiro atoms. The third-order valence-corrected chi connectivity index (χ3v) is 6.33. The maximum absolute atomic E-state index is 12.8. The number of piperidine rings is 1. The summed E-state index contributed by atoms with van der Waals surface area (Å²) in [6.45, 7) is 3.11. The van der Waals surface area contributed by atoms with Crippen LogP contribution in [0.4, 0.5) is 5.69 Å². The topological polar surface area (TPSA) is 23.6 Å². The number of carbonyl (C=O) groups is 1. The lowest BCUT2D eigenvalue weighted by Gasteiger charge is -2.43. The van der Waals surface area contributed by atoms with Crippen LogP contribution in [0.5, 0.6) is 0 Å². The van der Waals surface area contributed by atoms with E-state index in [2.05, 4.69) is 52.3 Å². The Bertz CT molecular complexity index is 731. The van der Waals surface area contributed by atoms with Crippen LogP contribution >= 0.6 is 0 Å². The van der Waals surface area contributed by atoms with Gasteiger partial charge in [0.05, 0.1) is 0 Å². The monoisotopic (exact) mass is 362 g/mol. The van der Waals surface area contributed by atoms with Crippen LogP contribution in [0.1, 0.15) is 44.6 Å². The Morgan fingerprint density at radius 2 is 1.56 bits per heavy atom. The molecule has 2 atom stereocenters. The Balaban J connectivity index is 1.46. The molecule has 142 valence electrons. The Morgan fingerprint density at radius 1 is 0.963 bits per heavy atom. The first-order chi connectivity index (χ1) is 13.3. The second-order valence-corrected chi connectivity index (χ2v) is 7.94. The number of anilines is 1. The van der Waals surface area contributed by atoms with Gasteiger partial charge < -0.3 is 4.90 Å². The summed E-state index contributed by atoms with van der Waals surface area (Å²) < 4.78 is 0. The van der Waals surface area contributed by atoms with Crippen LogP contribution in [-0.4, -0.2) is 35.5 Å². The van der Waals surface area contributed by atoms with E-state index in [0.717, 1.165) is 31.5 Å². The van der Waals surface area contributed by atoms with Gasteiger partial charge in [-0.15, -0.1) is 0 Å². The van der Waals surface area contributed by atoms with E-state index in [1.165, 1.54) is 18.4 Å². The molecule has 27 heavy (non-hydrogen) atoms. The van der Waals surface area contributed by atoms with Crippen molar-refractivity contribution in [2.24, 2.45) is 0 Å². The highest BCUT2D eigenvalue weighted by molar-refractivity contribution is 5.93. The van der Waals surface area contributed by atoms with Crippen molar-refractivity contribution in [3.8, 4) is 0 Å². The van der Waals surface area contributed by atoms with Crippen LogP contribution in [0.15, 0.2) is 60.7 Å². The standard InChI is InChI=1S/C24H30N2O/c1-2-24(27)26(20-11-7-4-8-12-20)23-17-21-13-14-22(18-23)25(21)16-15-19-9-5-3-6-10-19/h3-12,21-23H,2,13-18H2,1H3. The fraction of sp³-hybridized carbons (Fsp3) is 0.458. The van der Waals surface area contributed by atoms with Gasteiger partial charge in [0.15, 0.2) is 0 Å². The molecule has 2 saturated heterocycles. The quantitative estimate of drug-likeness (QED) is 0.746. The van der Waals surface area contributed by atoms with Gasteiger partial charge in [-0.1, -0.05) is 55.5 Å². The van der Waals surface area contributed by atoms with Gasteiger partial charge in [-0.25, -0.2) is 0 Å². The van der Waals surface area contributed by atoms with Crippen molar-refractivity contribution >= 4 is 11.6 Å². The maximum atomic E-state index is 12.8. The zero-order chi connectivity index (χ0) is 18.6. The number of hydrogen-bond donors (Lipinski definition) is 0. The molecule has 0 aliphatic carbocycles. The highest BCUT2D eigenvalue weighted by Gasteiger charge is 2.43. The molecule has 2 aromatic carbocycles. The van der Waals surface area contributed by atoms with Gasteiger partial charge in [-0.3, -0.25) is 9.69 Å². The normalized spacial score (nSPS) is 24.7. The SMILES string of the molecule is CCC(=O)N(c1ccccc1)C1CC2CCC(C1)N2CCc1ccccc1. The third-order valence-electron chi connectivity index (χ3n) is 6.33. The summed E-state index contributed by atoms with van der Waals surface area (Å²) in [5.41, 5.74) is 2.48. The van der Waals surface area contributed by atoms with E-state index in [9.17, 15) is 4.79 Å². The van der Waals surface area contributed by atoms with Crippen molar-refractivity contribution in [1.82, 2.24) is 4.90 Å². The van der Waals surface area contributed by atoms with Gasteiger partial charge in [0.1, 0.15) is 0 Å². The number of amides is 1. The van der Waals surface area contributed by atoms with Crippen LogP contribution in [0, 0.1) is 0 Å². The molecule has 2 unspecified atom stereocenters. The summed E-state index contributed by atoms with van der Waals surface area (Å²) in [5.74, 6) is 0.253. The van der Waals surface area contributed by atoms with Gasteiger partial charge in [-0.05, 0) is 49.8 Å². The molecule has 2 fully saturated rings. The predicted octanol–water partition coefficient (Wildman–Crippen LogP) is 4.67. The molecule has 2 aromatic rings. The first kappa shape index (κ1) is 18.2. The second-order valence-electron chi connectivity index (χ2n) is 7.94. The number of fused-ring (bicyclic) bond motifs is 2. The maximum Gasteiger partial charge on any atom is 0.226 e. The van der Waals surface area contributed by atoms with E-state index in [0.29, 0.717) is 24.5 Å². The Labute approximate surface area is 163 Å². The molecule has 2 aliphatic heterocycles. The Kier molecular flexibility index (Phi) is 5.58. The van der Waals surface area contributed by atoms with E-state index in [4.69, 9.17) is 0 Å². The molecule has 0 N–H and O–H groups in total. The zero-order valence-electron chi connectivity index (χ0n) is 16.3. The van der Waals surface area contributed by atoms with E-state index in [-0.39, 0.29) is 5.91 Å². The summed E-state index contributed by atoms with van der Waals surface area (Å²) in [7, 11) is 0. The predicted molar refractivity (Wildman–Crippen MR) is 111 cm³/mol. The molecule has 2 bridgehead atoms. The van der Waals surface area contributed by atoms with E-state index >= 15 is 0 Å². The highest BCUT2D eigenvalue weighted by atomic mass is 16.2. The van der Waals surface area contributed by atoms with Crippen molar-refractivity contribution in [2.45, 2.75) is 63.6 Å². The molecule has 3 nitrogen and oxygen atoms in total. The van der Waals surface area contributed by atoms with E-state index in [1.807, 2.05) is 25.1 Å². The molecule has 0 radical (unpaired) electrons. The van der Waals surface area contributed by atoms with E-state index in [1.54, 1.807) is 0 Å². The lowest BCUT2D eigenvalue weighted by atomic mass is 9.94. The Morgan fingerprint density at radius 3 is 2.15 bits per heavy atom. The van der Waals surface area contributed by atoms with Gasteiger partial charge in [-0.2, -0.15) is 0 Å². The largest absolute Gasteiger partial charge is 0.309 e. The van der Waals surface area contributed by atoms with Gasteiger partial charge in [0, 0.05) is 36.8 Å². The van der Waals surface area contributed by atoms with Gasteiger partial charge in [0.2, 0.25) is 5.91 Å². The zero-order valence-corrected chi connectivity index (χ0v) is 16.3. The average molecular weight is 363 g/mol. The molecule has 0 saturated carbocycles. The smallest absolute Gasteiger partial charge is 0.226 e. The van der Waals surface area contributed by atoms with Crippen molar-refractivity contribution < 1.29 is 4.79 Å². The molecule has 1 amide bonds. The fourth-order valence-corrected chi connectivity index (χ4v) is 5.04. The minimum Gasteiger partial charge on any atom is -0.309 e. The van der Waals surface area contributed by atoms with Crippen molar-refractivity contribution in [3.05, 3.63) is 66.2 Å². The van der Waals surface area contributed by atoms with Crippen molar-refractivity contribution in [3.63, 3.8) is 0 Å². The number of hydrogen-bond acceptors (Lipinski definition) is 2. The molecule has 2 heterocycles. The Hall–Kier alpha value is -2.13. The molecule has 4 rings (SSSR count). The number of nitrogens with zero attached hydrogens (tertiary/aromatic N) is 2. The summed E-state index contributed by atoms with van der Waals surface area (Å²) in [4.78, 5) is 17.6. The summed E-state index contributed by atoms with van der Waals surface area (Å²) in [6.07, 6.45) is 6.45. The average Bonchev–Trinajstić information content (AvgIpc) is 2.95. The van der Waals surface area contributed by atoms with Crippen molar-refractivity contribution in [1.29, 1.82) is 0 Å². The number of rotatable bonds is 6. The van der Waals surface area contributed by atoms with Crippen LogP contribution in [0.2, 0.25) is 0 Å². The van der Waals surface area contributed by atoms with Gasteiger partial charge in [0.25, 0.3) is 0 Å². The minimum atomic E-state index is 0.253. The summed E-state index contributed by atoms with van der Waals surface area (Å²) in [6, 6.07) is 22.6. The van der Waals surface area contributed by atoms with Crippen LogP contribution < -0.4 is 4.90 Å². The number of carbonyl (C=O) groups excluding carboxylic acids is 1. The lowest BCUT2D eigenvalue weighted by molar-refractivity contribution is -0.119. The highest BCUT2D eigenvalue weighted by Crippen LogP contribution is 2.39. The van der Waals surface area contributed by atoms with Crippen LogP contribution in [0.3, 0.4) is 0 Å². The molecule has 2 aliphatic rings. The number of para-hydroxylation sites is 1. The van der Waals surface area contributed by atoms with Crippen LogP contribution in [-0.2, 0) is 11.2 Å². The lowest BCUT2D eigenvalue weighted by Crippen LogP contribution is -2.52. The molecule has 3 heteroatoms. The molecular weight excluding hydrogens is 332 g/mol. The molecule has 0 aromatic heterocycles. The van der Waals surface area contributed by atoms with Crippen LogP contribution in [0.25, 0.3) is 0 Å². The fourth-order valence-electron chi connectivity index (χ4n) is 5.04. The first-order valence-electron chi connectivity index (χ1n) is 10.4. The second kappa shape index (κ2) is 8.26. The minimum absolute atomic E-state index is 0.253. The molecular formula is C24H30N2O. The van der Waals surface area contributed by atoms with E-state index < -0.39 is 0 Å². The summed E-state index contributed by atoms with van der Waals surface area (Å²) in [5, 5.41) is 0. The van der Waals surface area contributed by atoms with Gasteiger partial charge >= 0.3 is 0 Å². The van der Waals surface area contributed by atoms with Crippen molar-refractivity contribution in [2.75, 3.05) is 11.4 Å². The number of benzene rings is 2. The first-order valence-corrected chi connectivity index (χ1v) is 10.4. The summed E-state index contributed by atoms with van der Waals surface area (Å²) >= 11 is 0. The third kappa shape index (κ3) is 3.93.